The molecule has 2 heterocycles. The molecule has 2 aromatic rings. The van der Waals surface area contributed by atoms with Crippen LogP contribution in [0.25, 0.3) is 0 Å². The first-order chi connectivity index (χ1) is 15.4. The quantitative estimate of drug-likeness (QED) is 0.278. The Bertz CT molecular complexity index is 1120. The highest BCUT2D eigenvalue weighted by atomic mass is 79.9. The Hall–Kier alpha value is -2.51. The molecule has 32 heavy (non-hydrogen) atoms. The third-order valence-electron chi connectivity index (χ3n) is 7.29. The number of aryl methyl sites for hydroxylation is 1. The second-order valence-electron chi connectivity index (χ2n) is 8.80. The molecule has 0 radical (unpaired) electrons. The van der Waals surface area contributed by atoms with E-state index in [4.69, 9.17) is 9.47 Å². The maximum atomic E-state index is 13.9. The van der Waals surface area contributed by atoms with Gasteiger partial charge in [0.05, 0.1) is 18.6 Å². The van der Waals surface area contributed by atoms with Crippen LogP contribution in [-0.4, -0.2) is 48.9 Å². The lowest BCUT2D eigenvalue weighted by Gasteiger charge is -2.32. The van der Waals surface area contributed by atoms with Crippen molar-refractivity contribution in [2.75, 3.05) is 26.3 Å². The van der Waals surface area contributed by atoms with Gasteiger partial charge in [-0.15, -0.1) is 0 Å². The van der Waals surface area contributed by atoms with Crippen LogP contribution in [0.4, 0.5) is 0 Å². The van der Waals surface area contributed by atoms with Crippen molar-refractivity contribution in [1.29, 1.82) is 0 Å². The van der Waals surface area contributed by atoms with Crippen molar-refractivity contribution in [1.82, 2.24) is 4.90 Å². The summed E-state index contributed by atoms with van der Waals surface area (Å²) in [6.07, 6.45) is 0.863. The number of hydrogen-bond donors (Lipinski definition) is 0. The summed E-state index contributed by atoms with van der Waals surface area (Å²) in [6.45, 7) is 5.39. The van der Waals surface area contributed by atoms with E-state index in [2.05, 4.69) is 15.9 Å². The lowest BCUT2D eigenvalue weighted by molar-refractivity contribution is -0.156. The number of Topliss-reactive ketones (excluding diaryl/α,β-unsaturated/α-hetero) is 1. The number of halogens is 1. The van der Waals surface area contributed by atoms with Crippen molar-refractivity contribution in [2.45, 2.75) is 26.2 Å². The SMILES string of the molecule is CCc1ccc(C(=O)C2(C)C3c4cc(Br)ccc4OC(=O)C32C(=O)N2CCOCC2)cc1. The molecule has 0 N–H and O–H groups in total. The molecule has 0 spiro atoms. The maximum Gasteiger partial charge on any atom is 0.328 e. The van der Waals surface area contributed by atoms with Gasteiger partial charge in [-0.25, -0.2) is 0 Å². The first-order valence-electron chi connectivity index (χ1n) is 10.9. The number of amides is 1. The van der Waals surface area contributed by atoms with E-state index in [1.807, 2.05) is 25.1 Å². The number of morpholine rings is 1. The van der Waals surface area contributed by atoms with Crippen LogP contribution in [0.3, 0.4) is 0 Å². The predicted octanol–water partition coefficient (Wildman–Crippen LogP) is 3.76. The first kappa shape index (κ1) is 21.3. The standard InChI is InChI=1S/C25H24BrNO5/c1-3-15-4-6-16(7-5-15)21(28)24(2)20-18-14-17(26)8-9-19(18)32-23(30)25(20,24)22(29)27-10-12-31-13-11-27/h4-9,14,20H,3,10-13H2,1-2H3. The summed E-state index contributed by atoms with van der Waals surface area (Å²) in [5.41, 5.74) is -0.482. The molecular weight excluding hydrogens is 474 g/mol. The minimum Gasteiger partial charge on any atom is -0.425 e. The van der Waals surface area contributed by atoms with Crippen molar-refractivity contribution in [3.05, 3.63) is 63.6 Å². The van der Waals surface area contributed by atoms with Gasteiger partial charge in [-0.1, -0.05) is 47.1 Å². The summed E-state index contributed by atoms with van der Waals surface area (Å²) < 4.78 is 11.9. The van der Waals surface area contributed by atoms with Crippen LogP contribution in [0.15, 0.2) is 46.9 Å². The summed E-state index contributed by atoms with van der Waals surface area (Å²) >= 11 is 3.48. The zero-order chi connectivity index (χ0) is 22.7. The van der Waals surface area contributed by atoms with Gasteiger partial charge < -0.3 is 14.4 Å². The third-order valence-corrected chi connectivity index (χ3v) is 7.78. The van der Waals surface area contributed by atoms with Gasteiger partial charge in [0.2, 0.25) is 5.91 Å². The van der Waals surface area contributed by atoms with Crippen LogP contribution in [-0.2, 0) is 20.7 Å². The molecule has 3 atom stereocenters. The molecule has 1 amide bonds. The number of carbonyl (C=O) groups is 3. The van der Waals surface area contributed by atoms with Crippen molar-refractivity contribution < 1.29 is 23.9 Å². The van der Waals surface area contributed by atoms with Crippen LogP contribution >= 0.6 is 15.9 Å². The molecule has 7 heteroatoms. The van der Waals surface area contributed by atoms with Crippen LogP contribution in [0, 0.1) is 10.8 Å². The first-order valence-corrected chi connectivity index (χ1v) is 11.7. The van der Waals surface area contributed by atoms with E-state index in [1.54, 1.807) is 36.1 Å². The summed E-state index contributed by atoms with van der Waals surface area (Å²) in [5.74, 6) is -1.38. The van der Waals surface area contributed by atoms with Crippen molar-refractivity contribution in [2.24, 2.45) is 10.8 Å². The van der Waals surface area contributed by atoms with Crippen LogP contribution in [0.2, 0.25) is 0 Å². The molecule has 0 aromatic heterocycles. The summed E-state index contributed by atoms with van der Waals surface area (Å²) in [5, 5.41) is 0. The largest absolute Gasteiger partial charge is 0.425 e. The maximum absolute atomic E-state index is 13.9. The summed E-state index contributed by atoms with van der Waals surface area (Å²) in [7, 11) is 0. The lowest BCUT2D eigenvalue weighted by atomic mass is 9.85. The van der Waals surface area contributed by atoms with E-state index >= 15 is 0 Å². The molecule has 1 saturated carbocycles. The predicted molar refractivity (Wildman–Crippen MR) is 121 cm³/mol. The zero-order valence-electron chi connectivity index (χ0n) is 18.0. The van der Waals surface area contributed by atoms with Gasteiger partial charge in [0.1, 0.15) is 5.75 Å². The van der Waals surface area contributed by atoms with Gasteiger partial charge in [0.15, 0.2) is 11.2 Å². The Morgan fingerprint density at radius 3 is 2.47 bits per heavy atom. The fraction of sp³-hybridized carbons (Fsp3) is 0.400. The summed E-state index contributed by atoms with van der Waals surface area (Å²) in [6, 6.07) is 12.8. The Balaban J connectivity index is 1.64. The molecule has 1 saturated heterocycles. The normalized spacial score (nSPS) is 28.4. The Morgan fingerprint density at radius 2 is 1.81 bits per heavy atom. The Morgan fingerprint density at radius 1 is 1.12 bits per heavy atom. The monoisotopic (exact) mass is 497 g/mol. The zero-order valence-corrected chi connectivity index (χ0v) is 19.6. The van der Waals surface area contributed by atoms with Gasteiger partial charge in [0, 0.05) is 34.6 Å². The van der Waals surface area contributed by atoms with Gasteiger partial charge in [0.25, 0.3) is 0 Å². The van der Waals surface area contributed by atoms with Gasteiger partial charge in [-0.05, 0) is 37.1 Å². The number of hydrogen-bond acceptors (Lipinski definition) is 5. The molecule has 0 bridgehead atoms. The van der Waals surface area contributed by atoms with Crippen molar-refractivity contribution in [3.63, 3.8) is 0 Å². The Labute approximate surface area is 195 Å². The number of carbonyl (C=O) groups excluding carboxylic acids is 3. The van der Waals surface area contributed by atoms with E-state index in [0.717, 1.165) is 16.5 Å². The smallest absolute Gasteiger partial charge is 0.328 e. The highest BCUT2D eigenvalue weighted by Gasteiger charge is 2.88. The number of ketones is 1. The van der Waals surface area contributed by atoms with E-state index in [0.29, 0.717) is 43.2 Å². The minimum absolute atomic E-state index is 0.212. The number of ether oxygens (including phenoxy) is 2. The lowest BCUT2D eigenvalue weighted by Crippen LogP contribution is -2.50. The molecular formula is C25H24BrNO5. The molecule has 3 unspecified atom stereocenters. The molecule has 2 fully saturated rings. The third kappa shape index (κ3) is 2.77. The average molecular weight is 498 g/mol. The number of esters is 1. The Kier molecular flexibility index (Phi) is 5.02. The molecule has 1 aliphatic carbocycles. The highest BCUT2D eigenvalue weighted by molar-refractivity contribution is 9.10. The topological polar surface area (TPSA) is 72.9 Å². The second-order valence-corrected chi connectivity index (χ2v) is 9.71. The molecule has 6 nitrogen and oxygen atoms in total. The molecule has 5 rings (SSSR count). The summed E-state index contributed by atoms with van der Waals surface area (Å²) in [4.78, 5) is 42.9. The van der Waals surface area contributed by atoms with Crippen LogP contribution in [0.1, 0.15) is 41.3 Å². The van der Waals surface area contributed by atoms with Gasteiger partial charge >= 0.3 is 5.97 Å². The van der Waals surface area contributed by atoms with E-state index in [1.165, 1.54) is 0 Å². The fourth-order valence-corrected chi connectivity index (χ4v) is 5.84. The number of rotatable bonds is 4. The molecule has 166 valence electrons. The molecule has 2 aliphatic heterocycles. The second kappa shape index (κ2) is 7.52. The van der Waals surface area contributed by atoms with Gasteiger partial charge in [-0.2, -0.15) is 0 Å². The van der Waals surface area contributed by atoms with Crippen LogP contribution in [0.5, 0.6) is 5.75 Å². The highest BCUT2D eigenvalue weighted by Crippen LogP contribution is 2.78. The molecule has 3 aliphatic rings. The van der Waals surface area contributed by atoms with E-state index < -0.39 is 22.7 Å². The van der Waals surface area contributed by atoms with Crippen LogP contribution < -0.4 is 4.74 Å². The number of benzene rings is 2. The number of nitrogens with zero attached hydrogens (tertiary/aromatic N) is 1. The van der Waals surface area contributed by atoms with E-state index in [-0.39, 0.29) is 11.7 Å². The van der Waals surface area contributed by atoms with Crippen molar-refractivity contribution in [3.8, 4) is 5.75 Å². The number of fused-ring (bicyclic) bond motifs is 3. The average Bonchev–Trinajstić information content (AvgIpc) is 3.42. The fourth-order valence-electron chi connectivity index (χ4n) is 5.46. The van der Waals surface area contributed by atoms with E-state index in [9.17, 15) is 14.4 Å². The molecule has 2 aromatic carbocycles. The van der Waals surface area contributed by atoms with Gasteiger partial charge in [-0.3, -0.25) is 14.4 Å². The minimum atomic E-state index is -1.57. The van der Waals surface area contributed by atoms with Crippen molar-refractivity contribution >= 4 is 33.6 Å².